The lowest BCUT2D eigenvalue weighted by atomic mass is 10.1. The van der Waals surface area contributed by atoms with Crippen molar-refractivity contribution in [1.29, 1.82) is 0 Å². The van der Waals surface area contributed by atoms with Gasteiger partial charge in [0, 0.05) is 23.4 Å². The number of aliphatic imine (C=N–C) groups is 1. The van der Waals surface area contributed by atoms with Gasteiger partial charge >= 0.3 is 0 Å². The van der Waals surface area contributed by atoms with Crippen LogP contribution in [-0.4, -0.2) is 21.8 Å². The number of carbonyl (C=O) groups is 1. The van der Waals surface area contributed by atoms with Gasteiger partial charge in [-0.3, -0.25) is 9.69 Å². The zero-order chi connectivity index (χ0) is 22.1. The van der Waals surface area contributed by atoms with Crippen LogP contribution in [0.3, 0.4) is 0 Å². The number of carbonyl (C=O) groups excluding carboxylic acids is 1. The lowest BCUT2D eigenvalue weighted by Crippen LogP contribution is -2.28. The molecule has 0 bridgehead atoms. The van der Waals surface area contributed by atoms with Crippen molar-refractivity contribution in [3.05, 3.63) is 102 Å². The third-order valence-corrected chi connectivity index (χ3v) is 5.65. The monoisotopic (exact) mass is 437 g/mol. The molecule has 4 aromatic rings. The van der Waals surface area contributed by atoms with Crippen LogP contribution in [0.2, 0.25) is 0 Å². The molecule has 0 atom stereocenters. The first kappa shape index (κ1) is 19.9. The van der Waals surface area contributed by atoms with Crippen LogP contribution in [0.4, 0.5) is 11.4 Å². The molecular formula is C26H19N3O2S. The van der Waals surface area contributed by atoms with E-state index in [1.54, 1.807) is 11.0 Å². The SMILES string of the molecule is O=C1C(=NC(=S)NCc2cc3ccccc3cc2O)c2ccccc2N1c1ccccc1. The molecule has 4 aromatic carbocycles. The summed E-state index contributed by atoms with van der Waals surface area (Å²) in [5, 5.41) is 15.6. The van der Waals surface area contributed by atoms with E-state index in [4.69, 9.17) is 12.2 Å². The molecule has 5 nitrogen and oxygen atoms in total. The summed E-state index contributed by atoms with van der Waals surface area (Å²) in [7, 11) is 0. The van der Waals surface area contributed by atoms with Crippen LogP contribution in [-0.2, 0) is 11.3 Å². The Bertz CT molecular complexity index is 1380. The van der Waals surface area contributed by atoms with Gasteiger partial charge in [0.1, 0.15) is 11.5 Å². The molecule has 5 rings (SSSR count). The zero-order valence-corrected chi connectivity index (χ0v) is 17.8. The van der Waals surface area contributed by atoms with E-state index in [1.807, 2.05) is 84.9 Å². The van der Waals surface area contributed by atoms with Gasteiger partial charge in [-0.05, 0) is 53.3 Å². The molecule has 0 unspecified atom stereocenters. The summed E-state index contributed by atoms with van der Waals surface area (Å²) in [6.45, 7) is 0.296. The fraction of sp³-hybridized carbons (Fsp3) is 0.0385. The number of aromatic hydroxyl groups is 1. The summed E-state index contributed by atoms with van der Waals surface area (Å²) in [5.41, 5.74) is 3.28. The van der Waals surface area contributed by atoms with Gasteiger partial charge in [0.05, 0.1) is 5.69 Å². The molecule has 0 fully saturated rings. The van der Waals surface area contributed by atoms with Crippen molar-refractivity contribution >= 4 is 51.1 Å². The van der Waals surface area contributed by atoms with Gasteiger partial charge in [-0.25, -0.2) is 4.99 Å². The molecule has 1 amide bonds. The first-order chi connectivity index (χ1) is 15.6. The fourth-order valence-electron chi connectivity index (χ4n) is 3.87. The van der Waals surface area contributed by atoms with Crippen LogP contribution >= 0.6 is 12.2 Å². The number of nitrogens with one attached hydrogen (secondary N) is 1. The second-order valence-corrected chi connectivity index (χ2v) is 7.83. The maximum atomic E-state index is 13.2. The number of hydrogen-bond donors (Lipinski definition) is 2. The topological polar surface area (TPSA) is 64.9 Å². The molecule has 1 heterocycles. The third-order valence-electron chi connectivity index (χ3n) is 5.41. The lowest BCUT2D eigenvalue weighted by Gasteiger charge is -2.16. The van der Waals surface area contributed by atoms with E-state index in [1.165, 1.54) is 0 Å². The average Bonchev–Trinajstić information content (AvgIpc) is 3.09. The van der Waals surface area contributed by atoms with Crippen molar-refractivity contribution in [2.75, 3.05) is 4.90 Å². The number of benzene rings is 4. The predicted molar refractivity (Wildman–Crippen MR) is 132 cm³/mol. The van der Waals surface area contributed by atoms with E-state index < -0.39 is 0 Å². The molecular weight excluding hydrogens is 418 g/mol. The quantitative estimate of drug-likeness (QED) is 0.439. The van der Waals surface area contributed by atoms with Crippen molar-refractivity contribution in [3.8, 4) is 5.75 Å². The number of thiocarbonyl (C=S) groups is 1. The Morgan fingerprint density at radius 1 is 0.906 bits per heavy atom. The van der Waals surface area contributed by atoms with Crippen LogP contribution in [0.5, 0.6) is 5.75 Å². The van der Waals surface area contributed by atoms with Crippen LogP contribution in [0.15, 0.2) is 96.0 Å². The average molecular weight is 438 g/mol. The number of hydrogen-bond acceptors (Lipinski definition) is 3. The molecule has 156 valence electrons. The Kier molecular flexibility index (Phi) is 5.13. The minimum Gasteiger partial charge on any atom is -0.508 e. The number of phenolic OH excluding ortho intramolecular Hbond substituents is 1. The fourth-order valence-corrected chi connectivity index (χ4v) is 4.03. The zero-order valence-electron chi connectivity index (χ0n) is 17.0. The predicted octanol–water partition coefficient (Wildman–Crippen LogP) is 5.09. The van der Waals surface area contributed by atoms with Crippen molar-refractivity contribution in [3.63, 3.8) is 0 Å². The summed E-state index contributed by atoms with van der Waals surface area (Å²) in [6, 6.07) is 28.5. The van der Waals surface area contributed by atoms with E-state index in [0.717, 1.165) is 27.7 Å². The highest BCUT2D eigenvalue weighted by Crippen LogP contribution is 2.35. The van der Waals surface area contributed by atoms with Crippen molar-refractivity contribution in [2.24, 2.45) is 4.99 Å². The summed E-state index contributed by atoms with van der Waals surface area (Å²) in [6.07, 6.45) is 0. The van der Waals surface area contributed by atoms with Gasteiger partial charge < -0.3 is 10.4 Å². The summed E-state index contributed by atoms with van der Waals surface area (Å²) in [5.74, 6) is -0.0423. The Hall–Kier alpha value is -4.03. The maximum absolute atomic E-state index is 13.2. The Balaban J connectivity index is 1.41. The highest BCUT2D eigenvalue weighted by atomic mass is 32.1. The molecule has 1 aliphatic heterocycles. The van der Waals surface area contributed by atoms with Crippen molar-refractivity contribution in [1.82, 2.24) is 5.32 Å². The minimum absolute atomic E-state index is 0.184. The number of fused-ring (bicyclic) bond motifs is 2. The largest absolute Gasteiger partial charge is 0.508 e. The van der Waals surface area contributed by atoms with Crippen molar-refractivity contribution in [2.45, 2.75) is 6.54 Å². The van der Waals surface area contributed by atoms with E-state index in [0.29, 0.717) is 17.8 Å². The molecule has 1 aliphatic rings. The summed E-state index contributed by atoms with van der Waals surface area (Å²) >= 11 is 5.42. The number of rotatable bonds is 3. The summed E-state index contributed by atoms with van der Waals surface area (Å²) in [4.78, 5) is 19.3. The molecule has 0 saturated carbocycles. The first-order valence-corrected chi connectivity index (χ1v) is 10.6. The third kappa shape index (κ3) is 3.61. The minimum atomic E-state index is -0.227. The molecule has 2 N–H and O–H groups in total. The van der Waals surface area contributed by atoms with Gasteiger partial charge in [0.25, 0.3) is 5.91 Å². The van der Waals surface area contributed by atoms with Gasteiger partial charge in [-0.15, -0.1) is 0 Å². The smallest absolute Gasteiger partial charge is 0.282 e. The second kappa shape index (κ2) is 8.24. The van der Waals surface area contributed by atoms with Crippen LogP contribution in [0, 0.1) is 0 Å². The number of anilines is 2. The van der Waals surface area contributed by atoms with Crippen LogP contribution in [0.1, 0.15) is 11.1 Å². The number of amides is 1. The van der Waals surface area contributed by atoms with E-state index in [2.05, 4.69) is 10.3 Å². The number of nitrogens with zero attached hydrogens (tertiary/aromatic N) is 2. The highest BCUT2D eigenvalue weighted by molar-refractivity contribution is 7.80. The Morgan fingerprint density at radius 2 is 1.56 bits per heavy atom. The number of phenols is 1. The molecule has 0 aliphatic carbocycles. The Morgan fingerprint density at radius 3 is 2.34 bits per heavy atom. The number of para-hydroxylation sites is 2. The first-order valence-electron chi connectivity index (χ1n) is 10.2. The molecule has 32 heavy (non-hydrogen) atoms. The summed E-state index contributed by atoms with van der Waals surface area (Å²) < 4.78 is 0. The standard InChI is InChI=1S/C26H19N3O2S/c30-23-15-18-9-5-4-8-17(18)14-19(23)16-27-26(32)28-24-21-12-6-7-13-22(21)29(25(24)31)20-10-2-1-3-11-20/h1-15,30H,16H2,(H,27,32). The molecule has 0 spiro atoms. The second-order valence-electron chi connectivity index (χ2n) is 7.44. The van der Waals surface area contributed by atoms with E-state index >= 15 is 0 Å². The molecule has 6 heteroatoms. The maximum Gasteiger partial charge on any atom is 0.282 e. The Labute approximate surface area is 190 Å². The molecule has 0 radical (unpaired) electrons. The van der Waals surface area contributed by atoms with Gasteiger partial charge in [-0.1, -0.05) is 60.7 Å². The van der Waals surface area contributed by atoms with E-state index in [9.17, 15) is 9.90 Å². The van der Waals surface area contributed by atoms with Crippen LogP contribution < -0.4 is 10.2 Å². The van der Waals surface area contributed by atoms with Gasteiger partial charge in [0.15, 0.2) is 5.11 Å². The van der Waals surface area contributed by atoms with Gasteiger partial charge in [0.2, 0.25) is 0 Å². The molecule has 0 saturated heterocycles. The highest BCUT2D eigenvalue weighted by Gasteiger charge is 2.34. The van der Waals surface area contributed by atoms with Gasteiger partial charge in [-0.2, -0.15) is 0 Å². The molecule has 0 aromatic heterocycles. The van der Waals surface area contributed by atoms with E-state index in [-0.39, 0.29) is 16.8 Å². The van der Waals surface area contributed by atoms with Crippen LogP contribution in [0.25, 0.3) is 10.8 Å². The normalized spacial score (nSPS) is 14.1. The lowest BCUT2D eigenvalue weighted by molar-refractivity contribution is -0.111. The van der Waals surface area contributed by atoms with Crippen molar-refractivity contribution < 1.29 is 9.90 Å².